The van der Waals surface area contributed by atoms with Crippen LogP contribution in [0.15, 0.2) is 18.2 Å². The van der Waals surface area contributed by atoms with Gasteiger partial charge in [-0.15, -0.1) is 0 Å². The fraction of sp³-hybridized carbons (Fsp3) is 0.562. The van der Waals surface area contributed by atoms with E-state index >= 15 is 0 Å². The number of carbonyl (C=O) groups is 1. The molecule has 3 rings (SSSR count). The molecule has 2 aliphatic carbocycles. The molecule has 0 heterocycles. The number of ketones is 1. The molecule has 17 heavy (non-hydrogen) atoms. The van der Waals surface area contributed by atoms with E-state index in [1.54, 1.807) is 0 Å². The number of aryl methyl sites for hydroxylation is 1. The topological polar surface area (TPSA) is 17.1 Å². The van der Waals surface area contributed by atoms with Crippen LogP contribution < -0.4 is 0 Å². The molecule has 1 aromatic carbocycles. The minimum absolute atomic E-state index is 0.341. The van der Waals surface area contributed by atoms with Gasteiger partial charge in [0.25, 0.3) is 0 Å². The number of benzene rings is 1. The minimum Gasteiger partial charge on any atom is -0.294 e. The molecule has 1 aromatic rings. The van der Waals surface area contributed by atoms with E-state index in [-0.39, 0.29) is 0 Å². The number of Topliss-reactive ketones (excluding diaryl/α,β-unsaturated/α-hetero) is 1. The van der Waals surface area contributed by atoms with Gasteiger partial charge in [0, 0.05) is 12.0 Å². The lowest BCUT2D eigenvalue weighted by Gasteiger charge is -2.41. The zero-order valence-electron chi connectivity index (χ0n) is 10.6. The van der Waals surface area contributed by atoms with E-state index in [0.29, 0.717) is 11.2 Å². The first kappa shape index (κ1) is 11.0. The first-order valence-corrected chi connectivity index (χ1v) is 6.86. The van der Waals surface area contributed by atoms with Crippen molar-refractivity contribution >= 4 is 5.78 Å². The number of carbonyl (C=O) groups excluding carboxylic acids is 1. The van der Waals surface area contributed by atoms with Crippen molar-refractivity contribution in [2.45, 2.75) is 57.3 Å². The molecule has 1 saturated carbocycles. The van der Waals surface area contributed by atoms with E-state index < -0.39 is 0 Å². The summed E-state index contributed by atoms with van der Waals surface area (Å²) in [5, 5.41) is 0. The molecule has 0 bridgehead atoms. The second kappa shape index (κ2) is 3.97. The molecular formula is C16H20O. The molecule has 0 amide bonds. The van der Waals surface area contributed by atoms with Crippen LogP contribution >= 0.6 is 0 Å². The van der Waals surface area contributed by atoms with Crippen LogP contribution in [-0.2, 0) is 5.41 Å². The van der Waals surface area contributed by atoms with Gasteiger partial charge in [-0.2, -0.15) is 0 Å². The third-order valence-corrected chi connectivity index (χ3v) is 4.69. The number of hydrogen-bond donors (Lipinski definition) is 0. The molecule has 2 aliphatic rings. The second-order valence-electron chi connectivity index (χ2n) is 5.81. The van der Waals surface area contributed by atoms with Crippen molar-refractivity contribution in [2.24, 2.45) is 0 Å². The minimum atomic E-state index is 0.341. The van der Waals surface area contributed by atoms with Gasteiger partial charge in [0.15, 0.2) is 5.78 Å². The van der Waals surface area contributed by atoms with Crippen LogP contribution in [0.2, 0.25) is 0 Å². The molecular weight excluding hydrogens is 208 g/mol. The molecule has 1 nitrogen and oxygen atoms in total. The van der Waals surface area contributed by atoms with Crippen molar-refractivity contribution in [3.05, 3.63) is 34.9 Å². The maximum Gasteiger partial charge on any atom is 0.163 e. The van der Waals surface area contributed by atoms with E-state index in [4.69, 9.17) is 0 Å². The molecule has 0 unspecified atom stereocenters. The van der Waals surface area contributed by atoms with Crippen LogP contribution in [0.4, 0.5) is 0 Å². The van der Waals surface area contributed by atoms with Crippen molar-refractivity contribution < 1.29 is 4.79 Å². The van der Waals surface area contributed by atoms with Crippen LogP contribution in [0.3, 0.4) is 0 Å². The van der Waals surface area contributed by atoms with Crippen molar-refractivity contribution in [3.8, 4) is 0 Å². The van der Waals surface area contributed by atoms with E-state index in [1.165, 1.54) is 43.2 Å². The third-order valence-electron chi connectivity index (χ3n) is 4.69. The fourth-order valence-electron chi connectivity index (χ4n) is 3.71. The van der Waals surface area contributed by atoms with Gasteiger partial charge in [-0.1, -0.05) is 43.0 Å². The maximum atomic E-state index is 12.0. The molecule has 0 aromatic heterocycles. The number of rotatable bonds is 0. The van der Waals surface area contributed by atoms with Crippen LogP contribution in [0, 0.1) is 6.92 Å². The highest BCUT2D eigenvalue weighted by atomic mass is 16.1. The standard InChI is InChI=1S/C16H20O/c1-12-5-6-13-14(11-12)16(10-7-15(13)17)8-3-2-4-9-16/h5-6,11H,2-4,7-10H2,1H3. The van der Waals surface area contributed by atoms with Crippen LogP contribution in [0.25, 0.3) is 0 Å². The Morgan fingerprint density at radius 3 is 2.59 bits per heavy atom. The summed E-state index contributed by atoms with van der Waals surface area (Å²) < 4.78 is 0. The van der Waals surface area contributed by atoms with Gasteiger partial charge in [-0.05, 0) is 37.2 Å². The Balaban J connectivity index is 2.12. The Morgan fingerprint density at radius 1 is 1.06 bits per heavy atom. The molecule has 90 valence electrons. The smallest absolute Gasteiger partial charge is 0.163 e. The maximum absolute atomic E-state index is 12.0. The molecule has 0 N–H and O–H groups in total. The Kier molecular flexibility index (Phi) is 2.57. The first-order chi connectivity index (χ1) is 8.21. The second-order valence-corrected chi connectivity index (χ2v) is 5.81. The summed E-state index contributed by atoms with van der Waals surface area (Å²) in [7, 11) is 0. The molecule has 0 aliphatic heterocycles. The van der Waals surface area contributed by atoms with Crippen molar-refractivity contribution in [2.75, 3.05) is 0 Å². The summed E-state index contributed by atoms with van der Waals surface area (Å²) in [6, 6.07) is 6.42. The zero-order chi connectivity index (χ0) is 11.9. The Bertz CT molecular complexity index is 453. The van der Waals surface area contributed by atoms with Gasteiger partial charge in [-0.25, -0.2) is 0 Å². The number of fused-ring (bicyclic) bond motifs is 2. The normalized spacial score (nSPS) is 22.5. The molecule has 0 radical (unpaired) electrons. The summed E-state index contributed by atoms with van der Waals surface area (Å²) in [5.41, 5.74) is 4.02. The first-order valence-electron chi connectivity index (χ1n) is 6.86. The zero-order valence-corrected chi connectivity index (χ0v) is 10.6. The predicted molar refractivity (Wildman–Crippen MR) is 69.5 cm³/mol. The summed E-state index contributed by atoms with van der Waals surface area (Å²) in [6.45, 7) is 2.13. The van der Waals surface area contributed by atoms with Gasteiger partial charge >= 0.3 is 0 Å². The Hall–Kier alpha value is -1.11. The SMILES string of the molecule is Cc1ccc2c(c1)C1(CCCCC1)CCC2=O. The van der Waals surface area contributed by atoms with Crippen LogP contribution in [0.5, 0.6) is 0 Å². The highest BCUT2D eigenvalue weighted by molar-refractivity contribution is 5.99. The largest absolute Gasteiger partial charge is 0.294 e. The summed E-state index contributed by atoms with van der Waals surface area (Å²) in [4.78, 5) is 12.0. The van der Waals surface area contributed by atoms with Crippen LogP contribution in [0.1, 0.15) is 66.4 Å². The highest BCUT2D eigenvalue weighted by Crippen LogP contribution is 2.47. The fourth-order valence-corrected chi connectivity index (χ4v) is 3.71. The van der Waals surface area contributed by atoms with Gasteiger partial charge < -0.3 is 0 Å². The lowest BCUT2D eigenvalue weighted by atomic mass is 9.62. The third kappa shape index (κ3) is 1.72. The molecule has 1 heteroatoms. The van der Waals surface area contributed by atoms with Gasteiger partial charge in [0.2, 0.25) is 0 Å². The average Bonchev–Trinajstić information content (AvgIpc) is 2.36. The Morgan fingerprint density at radius 2 is 1.82 bits per heavy atom. The predicted octanol–water partition coefficient (Wildman–Crippen LogP) is 4.17. The van der Waals surface area contributed by atoms with Gasteiger partial charge in [0.1, 0.15) is 0 Å². The summed E-state index contributed by atoms with van der Waals surface area (Å²) in [5.74, 6) is 0.358. The highest BCUT2D eigenvalue weighted by Gasteiger charge is 2.39. The summed E-state index contributed by atoms with van der Waals surface area (Å²) >= 11 is 0. The summed E-state index contributed by atoms with van der Waals surface area (Å²) in [6.07, 6.45) is 8.46. The molecule has 1 spiro atoms. The van der Waals surface area contributed by atoms with E-state index in [9.17, 15) is 4.79 Å². The van der Waals surface area contributed by atoms with Crippen molar-refractivity contribution in [3.63, 3.8) is 0 Å². The molecule has 1 fully saturated rings. The quantitative estimate of drug-likeness (QED) is 0.651. The van der Waals surface area contributed by atoms with E-state index in [0.717, 1.165) is 18.4 Å². The van der Waals surface area contributed by atoms with Gasteiger partial charge in [0.05, 0.1) is 0 Å². The lowest BCUT2D eigenvalue weighted by molar-refractivity contribution is 0.0938. The van der Waals surface area contributed by atoms with E-state index in [2.05, 4.69) is 25.1 Å². The Labute approximate surface area is 103 Å². The van der Waals surface area contributed by atoms with E-state index in [1.807, 2.05) is 0 Å². The lowest BCUT2D eigenvalue weighted by Crippen LogP contribution is -2.35. The average molecular weight is 228 g/mol. The monoisotopic (exact) mass is 228 g/mol. The van der Waals surface area contributed by atoms with Crippen molar-refractivity contribution in [1.29, 1.82) is 0 Å². The molecule has 0 saturated heterocycles. The van der Waals surface area contributed by atoms with Gasteiger partial charge in [-0.3, -0.25) is 4.79 Å². The number of hydrogen-bond acceptors (Lipinski definition) is 1. The molecule has 0 atom stereocenters. The van der Waals surface area contributed by atoms with Crippen molar-refractivity contribution in [1.82, 2.24) is 0 Å². The van der Waals surface area contributed by atoms with Crippen LogP contribution in [-0.4, -0.2) is 5.78 Å².